The summed E-state index contributed by atoms with van der Waals surface area (Å²) < 4.78 is 1.88. The highest BCUT2D eigenvalue weighted by Gasteiger charge is 2.22. The zero-order chi connectivity index (χ0) is 19.6. The Morgan fingerprint density at radius 3 is 2.72 bits per heavy atom. The molecule has 0 bridgehead atoms. The molecule has 0 aliphatic carbocycles. The largest absolute Gasteiger partial charge is 0.345 e. The molecule has 0 radical (unpaired) electrons. The van der Waals surface area contributed by atoms with Crippen molar-refractivity contribution in [1.82, 2.24) is 20.3 Å². The van der Waals surface area contributed by atoms with Gasteiger partial charge in [0.25, 0.3) is 5.91 Å². The second kappa shape index (κ2) is 7.72. The van der Waals surface area contributed by atoms with Crippen LogP contribution in [0.3, 0.4) is 0 Å². The smallest absolute Gasteiger partial charge is 0.251 e. The molecule has 29 heavy (non-hydrogen) atoms. The SMILES string of the molecule is O=C(NC1CCSc2ccccc21)c1ccc(Cn2nnc3ccccc32)cc1. The fourth-order valence-corrected chi connectivity index (χ4v) is 4.83. The van der Waals surface area contributed by atoms with Crippen molar-refractivity contribution in [3.05, 3.63) is 89.5 Å². The Morgan fingerprint density at radius 2 is 1.83 bits per heavy atom. The third-order valence-electron chi connectivity index (χ3n) is 5.23. The number of benzene rings is 3. The summed E-state index contributed by atoms with van der Waals surface area (Å²) in [4.78, 5) is 14.0. The molecule has 1 N–H and O–H groups in total. The van der Waals surface area contributed by atoms with Crippen LogP contribution in [0.5, 0.6) is 0 Å². The van der Waals surface area contributed by atoms with Gasteiger partial charge in [0.05, 0.1) is 18.1 Å². The van der Waals surface area contributed by atoms with Gasteiger partial charge in [0.15, 0.2) is 0 Å². The number of amides is 1. The summed E-state index contributed by atoms with van der Waals surface area (Å²) in [5.41, 5.74) is 4.86. The lowest BCUT2D eigenvalue weighted by Crippen LogP contribution is -2.30. The number of nitrogens with one attached hydrogen (secondary N) is 1. The first-order valence-electron chi connectivity index (χ1n) is 9.68. The van der Waals surface area contributed by atoms with Crippen LogP contribution in [0.2, 0.25) is 0 Å². The van der Waals surface area contributed by atoms with Gasteiger partial charge < -0.3 is 5.32 Å². The van der Waals surface area contributed by atoms with Crippen molar-refractivity contribution >= 4 is 28.7 Å². The average Bonchev–Trinajstić information content (AvgIpc) is 3.17. The summed E-state index contributed by atoms with van der Waals surface area (Å²) in [6.45, 7) is 0.621. The minimum absolute atomic E-state index is 0.0329. The van der Waals surface area contributed by atoms with Crippen LogP contribution in [-0.2, 0) is 6.54 Å². The van der Waals surface area contributed by atoms with Gasteiger partial charge in [-0.2, -0.15) is 0 Å². The van der Waals surface area contributed by atoms with E-state index < -0.39 is 0 Å². The molecule has 144 valence electrons. The fraction of sp³-hybridized carbons (Fsp3) is 0.174. The van der Waals surface area contributed by atoms with E-state index in [1.807, 2.05) is 77.1 Å². The molecule has 2 heterocycles. The highest BCUT2D eigenvalue weighted by molar-refractivity contribution is 7.99. The molecular formula is C23H20N4OS. The van der Waals surface area contributed by atoms with Gasteiger partial charge in [-0.15, -0.1) is 16.9 Å². The molecule has 4 aromatic rings. The molecule has 1 aliphatic rings. The second-order valence-corrected chi connectivity index (χ2v) is 8.27. The Labute approximate surface area is 173 Å². The van der Waals surface area contributed by atoms with E-state index in [1.54, 1.807) is 0 Å². The van der Waals surface area contributed by atoms with Crippen LogP contribution in [-0.4, -0.2) is 26.7 Å². The Hall–Kier alpha value is -3.12. The van der Waals surface area contributed by atoms with E-state index in [4.69, 9.17) is 0 Å². The number of carbonyl (C=O) groups is 1. The van der Waals surface area contributed by atoms with Gasteiger partial charge in [-0.1, -0.05) is 47.7 Å². The van der Waals surface area contributed by atoms with E-state index in [2.05, 4.69) is 27.8 Å². The number of thioether (sulfide) groups is 1. The van der Waals surface area contributed by atoms with Crippen LogP contribution in [0.4, 0.5) is 0 Å². The molecular weight excluding hydrogens is 380 g/mol. The number of hydrogen-bond donors (Lipinski definition) is 1. The molecule has 1 aliphatic heterocycles. The zero-order valence-electron chi connectivity index (χ0n) is 15.8. The second-order valence-electron chi connectivity index (χ2n) is 7.13. The predicted octanol–water partition coefficient (Wildman–Crippen LogP) is 4.45. The molecule has 0 saturated heterocycles. The van der Waals surface area contributed by atoms with E-state index >= 15 is 0 Å². The summed E-state index contributed by atoms with van der Waals surface area (Å²) in [6.07, 6.45) is 0.949. The predicted molar refractivity (Wildman–Crippen MR) is 115 cm³/mol. The van der Waals surface area contributed by atoms with Crippen molar-refractivity contribution < 1.29 is 4.79 Å². The van der Waals surface area contributed by atoms with Crippen LogP contribution >= 0.6 is 11.8 Å². The Balaban J connectivity index is 1.30. The molecule has 5 rings (SSSR count). The Kier molecular flexibility index (Phi) is 4.77. The number of carbonyl (C=O) groups excluding carboxylic acids is 1. The number of hydrogen-bond acceptors (Lipinski definition) is 4. The monoisotopic (exact) mass is 400 g/mol. The van der Waals surface area contributed by atoms with Gasteiger partial charge in [-0.3, -0.25) is 4.79 Å². The van der Waals surface area contributed by atoms with Crippen LogP contribution in [0.15, 0.2) is 77.7 Å². The molecule has 1 unspecified atom stereocenters. The van der Waals surface area contributed by atoms with Crippen molar-refractivity contribution in [3.63, 3.8) is 0 Å². The molecule has 0 spiro atoms. The van der Waals surface area contributed by atoms with Gasteiger partial charge in [0.2, 0.25) is 0 Å². The maximum absolute atomic E-state index is 12.8. The summed E-state index contributed by atoms with van der Waals surface area (Å²) >= 11 is 1.85. The molecule has 5 nitrogen and oxygen atoms in total. The van der Waals surface area contributed by atoms with Crippen LogP contribution < -0.4 is 5.32 Å². The van der Waals surface area contributed by atoms with Gasteiger partial charge >= 0.3 is 0 Å². The van der Waals surface area contributed by atoms with E-state index in [0.29, 0.717) is 12.1 Å². The maximum atomic E-state index is 12.8. The van der Waals surface area contributed by atoms with Gasteiger partial charge in [-0.05, 0) is 47.9 Å². The Bertz CT molecular complexity index is 1170. The minimum Gasteiger partial charge on any atom is -0.345 e. The summed E-state index contributed by atoms with van der Waals surface area (Å²) in [5.74, 6) is 0.988. The highest BCUT2D eigenvalue weighted by Crippen LogP contribution is 2.35. The van der Waals surface area contributed by atoms with Crippen molar-refractivity contribution in [2.75, 3.05) is 5.75 Å². The quantitative estimate of drug-likeness (QED) is 0.550. The molecule has 3 aromatic carbocycles. The number of aromatic nitrogens is 3. The topological polar surface area (TPSA) is 59.8 Å². The number of fused-ring (bicyclic) bond motifs is 2. The summed E-state index contributed by atoms with van der Waals surface area (Å²) in [5, 5.41) is 11.6. The Morgan fingerprint density at radius 1 is 1.03 bits per heavy atom. The van der Waals surface area contributed by atoms with Crippen LogP contribution in [0, 0.1) is 0 Å². The van der Waals surface area contributed by atoms with Crippen molar-refractivity contribution in [1.29, 1.82) is 0 Å². The van der Waals surface area contributed by atoms with Crippen LogP contribution in [0.25, 0.3) is 11.0 Å². The maximum Gasteiger partial charge on any atom is 0.251 e. The third kappa shape index (κ3) is 3.63. The lowest BCUT2D eigenvalue weighted by atomic mass is 10.0. The van der Waals surface area contributed by atoms with Crippen molar-refractivity contribution in [2.45, 2.75) is 23.9 Å². The molecule has 6 heteroatoms. The normalized spacial score (nSPS) is 15.8. The lowest BCUT2D eigenvalue weighted by Gasteiger charge is -2.25. The highest BCUT2D eigenvalue weighted by atomic mass is 32.2. The summed E-state index contributed by atoms with van der Waals surface area (Å²) in [7, 11) is 0. The van der Waals surface area contributed by atoms with E-state index in [-0.39, 0.29) is 11.9 Å². The lowest BCUT2D eigenvalue weighted by molar-refractivity contribution is 0.0935. The summed E-state index contributed by atoms with van der Waals surface area (Å²) in [6, 6.07) is 24.0. The van der Waals surface area contributed by atoms with Gasteiger partial charge in [0.1, 0.15) is 5.52 Å². The standard InChI is InChI=1S/C23H20N4OS/c28-23(24-19-13-14-29-22-8-4-1-5-18(19)22)17-11-9-16(10-12-17)15-27-21-7-3-2-6-20(21)25-26-27/h1-12,19H,13-15H2,(H,24,28). The van der Waals surface area contributed by atoms with E-state index in [0.717, 1.165) is 28.8 Å². The fourth-order valence-electron chi connectivity index (χ4n) is 3.70. The first-order chi connectivity index (χ1) is 14.3. The van der Waals surface area contributed by atoms with E-state index in [1.165, 1.54) is 10.5 Å². The molecule has 1 aromatic heterocycles. The van der Waals surface area contributed by atoms with Crippen molar-refractivity contribution in [3.8, 4) is 0 Å². The van der Waals surface area contributed by atoms with Gasteiger partial charge in [-0.25, -0.2) is 4.68 Å². The zero-order valence-corrected chi connectivity index (χ0v) is 16.6. The first-order valence-corrected chi connectivity index (χ1v) is 10.7. The number of rotatable bonds is 4. The third-order valence-corrected chi connectivity index (χ3v) is 6.36. The molecule has 0 fully saturated rings. The minimum atomic E-state index is -0.0329. The molecule has 1 atom stereocenters. The van der Waals surface area contributed by atoms with Gasteiger partial charge in [0, 0.05) is 16.2 Å². The molecule has 0 saturated carbocycles. The number of para-hydroxylation sites is 1. The van der Waals surface area contributed by atoms with Crippen molar-refractivity contribution in [2.24, 2.45) is 0 Å². The average molecular weight is 401 g/mol. The first kappa shape index (κ1) is 17.9. The number of nitrogens with zero attached hydrogens (tertiary/aromatic N) is 3. The van der Waals surface area contributed by atoms with E-state index in [9.17, 15) is 4.79 Å². The van der Waals surface area contributed by atoms with Crippen LogP contribution in [0.1, 0.15) is 33.9 Å². The molecule has 1 amide bonds.